The van der Waals surface area contributed by atoms with Crippen molar-refractivity contribution in [3.63, 3.8) is 0 Å². The quantitative estimate of drug-likeness (QED) is 0.836. The van der Waals surface area contributed by atoms with E-state index < -0.39 is 0 Å². The molecule has 1 amide bonds. The lowest BCUT2D eigenvalue weighted by Gasteiger charge is -2.21. The topological polar surface area (TPSA) is 29.1 Å². The van der Waals surface area contributed by atoms with Crippen LogP contribution in [-0.2, 0) is 0 Å². The lowest BCUT2D eigenvalue weighted by atomic mass is 9.96. The molecule has 0 bridgehead atoms. The Morgan fingerprint density at radius 3 is 2.53 bits per heavy atom. The van der Waals surface area contributed by atoms with Gasteiger partial charge in [-0.05, 0) is 23.6 Å². The van der Waals surface area contributed by atoms with Crippen molar-refractivity contribution in [2.45, 2.75) is 13.8 Å². The first-order chi connectivity index (χ1) is 7.85. The van der Waals surface area contributed by atoms with E-state index in [0.717, 1.165) is 0 Å². The van der Waals surface area contributed by atoms with Crippen molar-refractivity contribution in [3.8, 4) is 0 Å². The van der Waals surface area contributed by atoms with E-state index in [4.69, 9.17) is 34.8 Å². The van der Waals surface area contributed by atoms with Crippen LogP contribution in [0.1, 0.15) is 24.2 Å². The Morgan fingerprint density at radius 1 is 1.35 bits per heavy atom. The summed E-state index contributed by atoms with van der Waals surface area (Å²) in [7, 11) is 0. The van der Waals surface area contributed by atoms with Crippen LogP contribution in [0.4, 0.5) is 0 Å². The molecular weight excluding hydrogens is 280 g/mol. The van der Waals surface area contributed by atoms with Crippen LogP contribution in [0, 0.1) is 5.41 Å². The van der Waals surface area contributed by atoms with Crippen molar-refractivity contribution >= 4 is 40.7 Å². The Labute approximate surface area is 116 Å². The van der Waals surface area contributed by atoms with Crippen LogP contribution in [-0.4, -0.2) is 18.3 Å². The van der Waals surface area contributed by atoms with Crippen LogP contribution < -0.4 is 5.32 Å². The van der Waals surface area contributed by atoms with E-state index in [1.54, 1.807) is 18.2 Å². The van der Waals surface area contributed by atoms with Gasteiger partial charge in [0.1, 0.15) is 0 Å². The zero-order valence-corrected chi connectivity index (χ0v) is 12.0. The van der Waals surface area contributed by atoms with Crippen molar-refractivity contribution in [1.29, 1.82) is 0 Å². The molecule has 0 spiro atoms. The zero-order chi connectivity index (χ0) is 13.1. The molecule has 0 radical (unpaired) electrons. The fourth-order valence-corrected chi connectivity index (χ4v) is 1.72. The molecule has 1 aromatic rings. The standard InChI is InChI=1S/C12H14Cl3NO/c1-12(2,6-13)7-16-11(17)9-4-3-8(14)5-10(9)15/h3-5H,6-7H2,1-2H3,(H,16,17). The summed E-state index contributed by atoms with van der Waals surface area (Å²) in [5.74, 6) is 0.256. The number of benzene rings is 1. The van der Waals surface area contributed by atoms with Gasteiger partial charge in [0.2, 0.25) is 0 Å². The van der Waals surface area contributed by atoms with Crippen molar-refractivity contribution in [1.82, 2.24) is 5.32 Å². The molecule has 94 valence electrons. The van der Waals surface area contributed by atoms with Crippen molar-refractivity contribution in [3.05, 3.63) is 33.8 Å². The van der Waals surface area contributed by atoms with E-state index in [9.17, 15) is 4.79 Å². The van der Waals surface area contributed by atoms with Crippen LogP contribution in [0.15, 0.2) is 18.2 Å². The molecule has 0 atom stereocenters. The maximum Gasteiger partial charge on any atom is 0.252 e. The Hall–Kier alpha value is -0.440. The smallest absolute Gasteiger partial charge is 0.252 e. The van der Waals surface area contributed by atoms with Gasteiger partial charge in [-0.25, -0.2) is 0 Å². The lowest BCUT2D eigenvalue weighted by Crippen LogP contribution is -2.35. The van der Waals surface area contributed by atoms with E-state index in [2.05, 4.69) is 5.32 Å². The summed E-state index contributed by atoms with van der Waals surface area (Å²) in [5, 5.41) is 3.65. The summed E-state index contributed by atoms with van der Waals surface area (Å²) in [6, 6.07) is 4.79. The maximum atomic E-state index is 11.9. The van der Waals surface area contributed by atoms with Crippen molar-refractivity contribution in [2.24, 2.45) is 5.41 Å². The average Bonchev–Trinajstić information content (AvgIpc) is 2.26. The van der Waals surface area contributed by atoms with Gasteiger partial charge in [0, 0.05) is 17.4 Å². The van der Waals surface area contributed by atoms with Crippen LogP contribution in [0.5, 0.6) is 0 Å². The number of amides is 1. The van der Waals surface area contributed by atoms with Crippen molar-refractivity contribution in [2.75, 3.05) is 12.4 Å². The van der Waals surface area contributed by atoms with Crippen LogP contribution in [0.3, 0.4) is 0 Å². The summed E-state index contributed by atoms with van der Waals surface area (Å²) < 4.78 is 0. The van der Waals surface area contributed by atoms with Gasteiger partial charge in [0.25, 0.3) is 5.91 Å². The fraction of sp³-hybridized carbons (Fsp3) is 0.417. The van der Waals surface area contributed by atoms with E-state index >= 15 is 0 Å². The van der Waals surface area contributed by atoms with Crippen LogP contribution in [0.25, 0.3) is 0 Å². The molecule has 0 fully saturated rings. The largest absolute Gasteiger partial charge is 0.351 e. The van der Waals surface area contributed by atoms with Gasteiger partial charge in [0.15, 0.2) is 0 Å². The molecular formula is C12H14Cl3NO. The summed E-state index contributed by atoms with van der Waals surface area (Å²) in [6.07, 6.45) is 0. The first-order valence-electron chi connectivity index (χ1n) is 5.15. The molecule has 1 rings (SSSR count). The molecule has 1 N–H and O–H groups in total. The number of carbonyl (C=O) groups is 1. The molecule has 0 aromatic heterocycles. The molecule has 0 saturated carbocycles. The lowest BCUT2D eigenvalue weighted by molar-refractivity contribution is 0.0940. The summed E-state index contributed by atoms with van der Waals surface area (Å²) in [5.41, 5.74) is 0.275. The van der Waals surface area contributed by atoms with E-state index in [-0.39, 0.29) is 11.3 Å². The molecule has 0 aliphatic carbocycles. The fourth-order valence-electron chi connectivity index (χ4n) is 1.14. The minimum Gasteiger partial charge on any atom is -0.351 e. The number of hydrogen-bond acceptors (Lipinski definition) is 1. The van der Waals surface area contributed by atoms with Gasteiger partial charge < -0.3 is 5.32 Å². The van der Waals surface area contributed by atoms with Gasteiger partial charge in [-0.2, -0.15) is 0 Å². The third-order valence-electron chi connectivity index (χ3n) is 2.27. The summed E-state index contributed by atoms with van der Waals surface area (Å²) >= 11 is 17.5. The molecule has 0 saturated heterocycles. The first kappa shape index (κ1) is 14.6. The monoisotopic (exact) mass is 293 g/mol. The normalized spacial score (nSPS) is 11.4. The Balaban J connectivity index is 2.71. The number of hydrogen-bond donors (Lipinski definition) is 1. The highest BCUT2D eigenvalue weighted by molar-refractivity contribution is 6.36. The number of carbonyl (C=O) groups excluding carboxylic acids is 1. The Kier molecular flexibility index (Phi) is 5.11. The van der Waals surface area contributed by atoms with Gasteiger partial charge in [0.05, 0.1) is 10.6 Å². The van der Waals surface area contributed by atoms with E-state index in [1.807, 2.05) is 13.8 Å². The highest BCUT2D eigenvalue weighted by Crippen LogP contribution is 2.21. The molecule has 0 aliphatic heterocycles. The first-order valence-corrected chi connectivity index (χ1v) is 6.44. The Bertz CT molecular complexity index is 418. The number of rotatable bonds is 4. The highest BCUT2D eigenvalue weighted by atomic mass is 35.5. The summed E-state index contributed by atoms with van der Waals surface area (Å²) in [4.78, 5) is 11.9. The number of nitrogens with one attached hydrogen (secondary N) is 1. The number of halogens is 3. The van der Waals surface area contributed by atoms with Gasteiger partial charge >= 0.3 is 0 Å². The third kappa shape index (κ3) is 4.38. The summed E-state index contributed by atoms with van der Waals surface area (Å²) in [6.45, 7) is 4.45. The van der Waals surface area contributed by atoms with Gasteiger partial charge in [-0.1, -0.05) is 37.0 Å². The van der Waals surface area contributed by atoms with Gasteiger partial charge in [-0.3, -0.25) is 4.79 Å². The molecule has 0 aliphatic rings. The number of alkyl halides is 1. The molecule has 2 nitrogen and oxygen atoms in total. The molecule has 0 heterocycles. The second kappa shape index (κ2) is 5.94. The van der Waals surface area contributed by atoms with Crippen LogP contribution in [0.2, 0.25) is 10.0 Å². The molecule has 17 heavy (non-hydrogen) atoms. The van der Waals surface area contributed by atoms with Gasteiger partial charge in [-0.15, -0.1) is 11.6 Å². The predicted octanol–water partition coefficient (Wildman–Crippen LogP) is 3.99. The second-order valence-electron chi connectivity index (χ2n) is 4.60. The minimum absolute atomic E-state index is 0.143. The van der Waals surface area contributed by atoms with E-state index in [1.165, 1.54) is 0 Å². The Morgan fingerprint density at radius 2 is 2.00 bits per heavy atom. The second-order valence-corrected chi connectivity index (χ2v) is 5.72. The third-order valence-corrected chi connectivity index (χ3v) is 3.54. The SMILES string of the molecule is CC(C)(CCl)CNC(=O)c1ccc(Cl)cc1Cl. The zero-order valence-electron chi connectivity index (χ0n) is 9.69. The minimum atomic E-state index is -0.218. The highest BCUT2D eigenvalue weighted by Gasteiger charge is 2.18. The molecule has 0 unspecified atom stereocenters. The molecule has 1 aromatic carbocycles. The predicted molar refractivity (Wildman–Crippen MR) is 73.3 cm³/mol. The van der Waals surface area contributed by atoms with Crippen LogP contribution >= 0.6 is 34.8 Å². The maximum absolute atomic E-state index is 11.9. The average molecular weight is 295 g/mol. The molecule has 5 heteroatoms. The van der Waals surface area contributed by atoms with E-state index in [0.29, 0.717) is 28.0 Å². The van der Waals surface area contributed by atoms with Crippen molar-refractivity contribution < 1.29 is 4.79 Å².